The van der Waals surface area contributed by atoms with Gasteiger partial charge in [0.25, 0.3) is 0 Å². The molecule has 1 unspecified atom stereocenters. The molecule has 0 aliphatic carbocycles. The summed E-state index contributed by atoms with van der Waals surface area (Å²) in [5.41, 5.74) is 0.869. The summed E-state index contributed by atoms with van der Waals surface area (Å²) < 4.78 is 0. The minimum atomic E-state index is -0.428. The topological polar surface area (TPSA) is 25.1 Å². The smallest absolute Gasteiger partial charge is 0.195 e. The van der Waals surface area contributed by atoms with E-state index < -0.39 is 5.79 Å². The van der Waals surface area contributed by atoms with Crippen LogP contribution in [0.1, 0.15) is 94.9 Å². The standard InChI is InChI=1S/C20H39O2/c1-11-12-20(21-22-20)15-19(10,17(5,6)7)14-13-18(8,9)16(2,3)4/h15H,11-14H2,1-10H3. The van der Waals surface area contributed by atoms with Crippen molar-refractivity contribution in [3.63, 3.8) is 0 Å². The summed E-state index contributed by atoms with van der Waals surface area (Å²) in [6.07, 6.45) is 6.72. The highest BCUT2D eigenvalue weighted by Gasteiger charge is 2.55. The van der Waals surface area contributed by atoms with Crippen molar-refractivity contribution in [1.82, 2.24) is 0 Å². The van der Waals surface area contributed by atoms with E-state index in [1.54, 1.807) is 0 Å². The fraction of sp³-hybridized carbons (Fsp3) is 0.950. The fourth-order valence-corrected chi connectivity index (χ4v) is 2.70. The van der Waals surface area contributed by atoms with E-state index in [-0.39, 0.29) is 10.8 Å². The molecular formula is C20H39O2. The van der Waals surface area contributed by atoms with Gasteiger partial charge in [-0.25, -0.2) is 0 Å². The van der Waals surface area contributed by atoms with Gasteiger partial charge in [-0.2, -0.15) is 9.78 Å². The Bertz CT molecular complexity index is 366. The highest BCUT2D eigenvalue weighted by Crippen LogP contribution is 2.55. The lowest BCUT2D eigenvalue weighted by Gasteiger charge is -2.47. The molecule has 0 bridgehead atoms. The molecule has 1 radical (unpaired) electrons. The van der Waals surface area contributed by atoms with E-state index in [0.29, 0.717) is 10.8 Å². The predicted octanol–water partition coefficient (Wildman–Crippen LogP) is 6.55. The van der Waals surface area contributed by atoms with Gasteiger partial charge < -0.3 is 0 Å². The fourth-order valence-electron chi connectivity index (χ4n) is 2.70. The van der Waals surface area contributed by atoms with Gasteiger partial charge in [-0.3, -0.25) is 0 Å². The Morgan fingerprint density at radius 2 is 1.27 bits per heavy atom. The van der Waals surface area contributed by atoms with E-state index >= 15 is 0 Å². The third-order valence-corrected chi connectivity index (χ3v) is 6.45. The molecule has 1 atom stereocenters. The van der Waals surface area contributed by atoms with Crippen LogP contribution in [0.15, 0.2) is 0 Å². The van der Waals surface area contributed by atoms with Crippen LogP contribution in [0.4, 0.5) is 0 Å². The Hall–Kier alpha value is -0.0800. The van der Waals surface area contributed by atoms with E-state index in [2.05, 4.69) is 75.7 Å². The van der Waals surface area contributed by atoms with Crippen molar-refractivity contribution < 1.29 is 9.78 Å². The van der Waals surface area contributed by atoms with Gasteiger partial charge in [-0.05, 0) is 34.5 Å². The molecule has 22 heavy (non-hydrogen) atoms. The number of rotatable bonds is 7. The molecular weight excluding hydrogens is 272 g/mol. The summed E-state index contributed by atoms with van der Waals surface area (Å²) in [5.74, 6) is -0.428. The first-order valence-corrected chi connectivity index (χ1v) is 8.92. The average Bonchev–Trinajstić information content (AvgIpc) is 3.04. The van der Waals surface area contributed by atoms with Gasteiger partial charge in [0.1, 0.15) is 0 Å². The zero-order valence-corrected chi connectivity index (χ0v) is 16.7. The van der Waals surface area contributed by atoms with Gasteiger partial charge in [-0.1, -0.05) is 75.7 Å². The molecule has 0 N–H and O–H groups in total. The van der Waals surface area contributed by atoms with Crippen LogP contribution in [0.3, 0.4) is 0 Å². The molecule has 1 aliphatic rings. The summed E-state index contributed by atoms with van der Waals surface area (Å²) in [5, 5.41) is 0. The second kappa shape index (κ2) is 6.09. The second-order valence-corrected chi connectivity index (χ2v) is 10.2. The molecule has 0 aromatic heterocycles. The van der Waals surface area contributed by atoms with Gasteiger partial charge >= 0.3 is 0 Å². The van der Waals surface area contributed by atoms with Crippen molar-refractivity contribution in [1.29, 1.82) is 0 Å². The van der Waals surface area contributed by atoms with Crippen molar-refractivity contribution >= 4 is 0 Å². The summed E-state index contributed by atoms with van der Waals surface area (Å²) in [6.45, 7) is 23.3. The van der Waals surface area contributed by atoms with Crippen LogP contribution >= 0.6 is 0 Å². The van der Waals surface area contributed by atoms with Crippen LogP contribution in [0.2, 0.25) is 0 Å². The van der Waals surface area contributed by atoms with Crippen LogP contribution in [0, 0.1) is 28.1 Å². The summed E-state index contributed by atoms with van der Waals surface area (Å²) >= 11 is 0. The minimum Gasteiger partial charge on any atom is -0.195 e. The van der Waals surface area contributed by atoms with E-state index in [9.17, 15) is 0 Å². The number of hydrogen-bond acceptors (Lipinski definition) is 2. The molecule has 0 saturated carbocycles. The quantitative estimate of drug-likeness (QED) is 0.393. The largest absolute Gasteiger partial charge is 0.238 e. The Balaban J connectivity index is 2.86. The van der Waals surface area contributed by atoms with Crippen LogP contribution in [-0.4, -0.2) is 5.79 Å². The molecule has 0 amide bonds. The molecule has 1 saturated heterocycles. The Labute approximate surface area is 139 Å². The maximum Gasteiger partial charge on any atom is 0.238 e. The summed E-state index contributed by atoms with van der Waals surface area (Å²) in [7, 11) is 0. The molecule has 0 aromatic rings. The zero-order chi connectivity index (χ0) is 17.4. The lowest BCUT2D eigenvalue weighted by molar-refractivity contribution is 0.0542. The maximum atomic E-state index is 5.37. The normalized spacial score (nSPS) is 21.5. The van der Waals surface area contributed by atoms with Crippen molar-refractivity contribution in [3.8, 4) is 0 Å². The SMILES string of the molecule is CCCC1([CH]C(C)(CCC(C)(C)C(C)(C)C)C(C)(C)C)OO1. The first-order valence-electron chi connectivity index (χ1n) is 8.92. The highest BCUT2D eigenvalue weighted by atomic mass is 17.4. The monoisotopic (exact) mass is 311 g/mol. The van der Waals surface area contributed by atoms with Gasteiger partial charge in [0.05, 0.1) is 0 Å². The van der Waals surface area contributed by atoms with Crippen LogP contribution in [-0.2, 0) is 9.78 Å². The highest BCUT2D eigenvalue weighted by molar-refractivity contribution is 5.07. The Morgan fingerprint density at radius 1 is 0.773 bits per heavy atom. The molecule has 2 nitrogen and oxygen atoms in total. The second-order valence-electron chi connectivity index (χ2n) is 10.2. The molecule has 131 valence electrons. The third kappa shape index (κ3) is 4.47. The molecule has 1 fully saturated rings. The lowest BCUT2D eigenvalue weighted by atomic mass is 9.58. The first kappa shape index (κ1) is 20.0. The van der Waals surface area contributed by atoms with Crippen LogP contribution in [0.5, 0.6) is 0 Å². The van der Waals surface area contributed by atoms with Gasteiger partial charge in [0, 0.05) is 12.8 Å². The first-order chi connectivity index (χ1) is 9.68. The lowest BCUT2D eigenvalue weighted by Crippen LogP contribution is -2.40. The molecule has 1 rings (SSSR count). The van der Waals surface area contributed by atoms with Crippen molar-refractivity contribution in [3.05, 3.63) is 6.42 Å². The zero-order valence-electron chi connectivity index (χ0n) is 16.7. The van der Waals surface area contributed by atoms with Gasteiger partial charge in [0.15, 0.2) is 0 Å². The molecule has 1 heterocycles. The summed E-state index contributed by atoms with van der Waals surface area (Å²) in [4.78, 5) is 10.7. The molecule has 1 aliphatic heterocycles. The van der Waals surface area contributed by atoms with Crippen LogP contribution in [0.25, 0.3) is 0 Å². The predicted molar refractivity (Wildman–Crippen MR) is 94.1 cm³/mol. The molecule has 0 aromatic carbocycles. The Morgan fingerprint density at radius 3 is 1.59 bits per heavy atom. The Kier molecular flexibility index (Phi) is 5.53. The molecule has 2 heteroatoms. The van der Waals surface area contributed by atoms with E-state index in [4.69, 9.17) is 9.78 Å². The van der Waals surface area contributed by atoms with Crippen molar-refractivity contribution in [2.45, 2.75) is 101 Å². The minimum absolute atomic E-state index is 0.0845. The van der Waals surface area contributed by atoms with E-state index in [1.807, 2.05) is 0 Å². The van der Waals surface area contributed by atoms with Crippen LogP contribution < -0.4 is 0 Å². The number of hydrogen-bond donors (Lipinski definition) is 0. The van der Waals surface area contributed by atoms with Crippen molar-refractivity contribution in [2.24, 2.45) is 21.7 Å². The van der Waals surface area contributed by atoms with E-state index in [0.717, 1.165) is 19.3 Å². The average molecular weight is 312 g/mol. The maximum absolute atomic E-state index is 5.37. The molecule has 0 spiro atoms. The summed E-state index contributed by atoms with van der Waals surface area (Å²) in [6, 6.07) is 0. The third-order valence-electron chi connectivity index (χ3n) is 6.45. The van der Waals surface area contributed by atoms with Crippen molar-refractivity contribution in [2.75, 3.05) is 0 Å². The van der Waals surface area contributed by atoms with Gasteiger partial charge in [0.2, 0.25) is 5.79 Å². The van der Waals surface area contributed by atoms with E-state index in [1.165, 1.54) is 6.42 Å². The van der Waals surface area contributed by atoms with Gasteiger partial charge in [-0.15, -0.1) is 0 Å².